The third-order valence-electron chi connectivity index (χ3n) is 3.83. The number of hydrogen-bond acceptors (Lipinski definition) is 6. The number of aromatic nitrogens is 1. The fraction of sp³-hybridized carbons (Fsp3) is 0.0526. The molecule has 0 saturated heterocycles. The Morgan fingerprint density at radius 3 is 2.50 bits per heavy atom. The van der Waals surface area contributed by atoms with Crippen molar-refractivity contribution < 1.29 is 30.0 Å². The summed E-state index contributed by atoms with van der Waals surface area (Å²) in [7, 11) is 1.37. The Morgan fingerprint density at radius 1 is 1.04 bits per heavy atom. The van der Waals surface area contributed by atoms with Crippen molar-refractivity contribution >= 4 is 29.0 Å². The van der Waals surface area contributed by atoms with Gasteiger partial charge in [0.05, 0.1) is 18.4 Å². The van der Waals surface area contributed by atoms with Crippen molar-refractivity contribution in [1.82, 2.24) is 4.98 Å². The Morgan fingerprint density at radius 2 is 1.81 bits per heavy atom. The number of carbonyl (C=O) groups is 1. The summed E-state index contributed by atoms with van der Waals surface area (Å²) < 4.78 is 4.98. The van der Waals surface area contributed by atoms with Crippen molar-refractivity contribution in [3.05, 3.63) is 53.2 Å². The van der Waals surface area contributed by atoms with Gasteiger partial charge < -0.3 is 25.2 Å². The number of nitrogens with zero attached hydrogens (tertiary/aromatic N) is 1. The first-order valence-corrected chi connectivity index (χ1v) is 7.54. The van der Waals surface area contributed by atoms with Gasteiger partial charge in [-0.05, 0) is 48.0 Å². The molecule has 2 aromatic carbocycles. The summed E-state index contributed by atoms with van der Waals surface area (Å²) in [5, 5.41) is 38.9. The topological polar surface area (TPSA) is 120 Å². The molecule has 0 amide bonds. The Bertz CT molecular complexity index is 1040. The van der Waals surface area contributed by atoms with Crippen LogP contribution in [-0.2, 0) is 0 Å². The lowest BCUT2D eigenvalue weighted by atomic mass is 10.1. The van der Waals surface area contributed by atoms with E-state index in [-0.39, 0.29) is 34.1 Å². The number of pyridine rings is 1. The van der Waals surface area contributed by atoms with E-state index in [0.717, 1.165) is 0 Å². The van der Waals surface area contributed by atoms with Crippen molar-refractivity contribution in [3.8, 4) is 23.0 Å². The molecule has 7 heteroatoms. The number of carboxylic acids is 1. The number of ether oxygens (including phenoxy) is 1. The van der Waals surface area contributed by atoms with Crippen molar-refractivity contribution in [2.75, 3.05) is 7.11 Å². The molecule has 3 rings (SSSR count). The number of rotatable bonds is 4. The van der Waals surface area contributed by atoms with E-state index in [4.69, 9.17) is 4.74 Å². The van der Waals surface area contributed by atoms with Gasteiger partial charge in [0.15, 0.2) is 11.5 Å². The normalized spacial score (nSPS) is 11.1. The van der Waals surface area contributed by atoms with Crippen molar-refractivity contribution in [2.45, 2.75) is 0 Å². The van der Waals surface area contributed by atoms with E-state index in [1.165, 1.54) is 31.4 Å². The molecule has 0 bridgehead atoms. The third kappa shape index (κ3) is 3.10. The van der Waals surface area contributed by atoms with E-state index < -0.39 is 5.97 Å². The number of methoxy groups -OCH3 is 1. The summed E-state index contributed by atoms with van der Waals surface area (Å²) in [6.45, 7) is 0. The Balaban J connectivity index is 2.02. The van der Waals surface area contributed by atoms with Crippen LogP contribution in [0.1, 0.15) is 21.6 Å². The molecule has 132 valence electrons. The van der Waals surface area contributed by atoms with E-state index in [1.54, 1.807) is 24.3 Å². The molecule has 3 aromatic rings. The fourth-order valence-corrected chi connectivity index (χ4v) is 2.54. The molecule has 0 radical (unpaired) electrons. The third-order valence-corrected chi connectivity index (χ3v) is 3.83. The molecule has 0 spiro atoms. The highest BCUT2D eigenvalue weighted by Gasteiger charge is 2.12. The summed E-state index contributed by atoms with van der Waals surface area (Å²) in [6, 6.07) is 8.68. The number of aromatic hydroxyl groups is 3. The Kier molecular flexibility index (Phi) is 4.36. The second-order valence-electron chi connectivity index (χ2n) is 5.49. The predicted molar refractivity (Wildman–Crippen MR) is 95.6 cm³/mol. The number of fused-ring (bicyclic) bond motifs is 1. The maximum atomic E-state index is 11.3. The second kappa shape index (κ2) is 6.64. The highest BCUT2D eigenvalue weighted by Crippen LogP contribution is 2.36. The summed E-state index contributed by atoms with van der Waals surface area (Å²) in [6.07, 6.45) is 3.26. The van der Waals surface area contributed by atoms with Crippen LogP contribution in [-0.4, -0.2) is 38.5 Å². The molecular weight excluding hydrogens is 338 g/mol. The molecule has 0 aliphatic heterocycles. The zero-order chi connectivity index (χ0) is 18.8. The SMILES string of the molecule is COc1cc(C=Cc2ccc3c(C(=O)O)ccc(O)c3n2)cc(O)c1O. The van der Waals surface area contributed by atoms with Gasteiger partial charge in [-0.25, -0.2) is 9.78 Å². The number of benzene rings is 2. The monoisotopic (exact) mass is 353 g/mol. The average Bonchev–Trinajstić information content (AvgIpc) is 2.62. The first-order chi connectivity index (χ1) is 12.4. The van der Waals surface area contributed by atoms with Gasteiger partial charge in [-0.2, -0.15) is 0 Å². The lowest BCUT2D eigenvalue weighted by molar-refractivity contribution is 0.0699. The van der Waals surface area contributed by atoms with Gasteiger partial charge in [-0.3, -0.25) is 0 Å². The molecular formula is C19H15NO6. The van der Waals surface area contributed by atoms with Gasteiger partial charge in [0.1, 0.15) is 11.3 Å². The zero-order valence-electron chi connectivity index (χ0n) is 13.7. The van der Waals surface area contributed by atoms with Crippen LogP contribution in [0.3, 0.4) is 0 Å². The molecule has 0 aliphatic rings. The van der Waals surface area contributed by atoms with Crippen LogP contribution >= 0.6 is 0 Å². The molecule has 1 heterocycles. The summed E-state index contributed by atoms with van der Waals surface area (Å²) in [5.74, 6) is -1.77. The Labute approximate surface area is 148 Å². The van der Waals surface area contributed by atoms with E-state index in [9.17, 15) is 25.2 Å². The minimum Gasteiger partial charge on any atom is -0.506 e. The smallest absolute Gasteiger partial charge is 0.336 e. The maximum Gasteiger partial charge on any atom is 0.336 e. The van der Waals surface area contributed by atoms with Gasteiger partial charge in [0.2, 0.25) is 5.75 Å². The minimum atomic E-state index is -1.10. The molecule has 7 nitrogen and oxygen atoms in total. The highest BCUT2D eigenvalue weighted by molar-refractivity contribution is 6.04. The molecule has 4 N–H and O–H groups in total. The number of aromatic carboxylic acids is 1. The van der Waals surface area contributed by atoms with E-state index in [2.05, 4.69) is 4.98 Å². The largest absolute Gasteiger partial charge is 0.506 e. The summed E-state index contributed by atoms with van der Waals surface area (Å²) >= 11 is 0. The average molecular weight is 353 g/mol. The molecule has 0 fully saturated rings. The minimum absolute atomic E-state index is 0.0500. The number of phenols is 3. The molecule has 1 aromatic heterocycles. The first kappa shape index (κ1) is 17.1. The fourth-order valence-electron chi connectivity index (χ4n) is 2.54. The van der Waals surface area contributed by atoms with Crippen LogP contribution in [0, 0.1) is 0 Å². The van der Waals surface area contributed by atoms with Crippen LogP contribution in [0.25, 0.3) is 23.1 Å². The van der Waals surface area contributed by atoms with Crippen LogP contribution < -0.4 is 4.74 Å². The van der Waals surface area contributed by atoms with Crippen LogP contribution in [0.2, 0.25) is 0 Å². The molecule has 0 atom stereocenters. The van der Waals surface area contributed by atoms with E-state index in [0.29, 0.717) is 16.6 Å². The second-order valence-corrected chi connectivity index (χ2v) is 5.49. The van der Waals surface area contributed by atoms with Crippen molar-refractivity contribution in [3.63, 3.8) is 0 Å². The summed E-state index contributed by atoms with van der Waals surface area (Å²) in [5.41, 5.74) is 1.26. The number of phenolic OH excluding ortho intramolecular Hbond substituents is 3. The van der Waals surface area contributed by atoms with E-state index in [1.807, 2.05) is 0 Å². The highest BCUT2D eigenvalue weighted by atomic mass is 16.5. The number of hydrogen-bond donors (Lipinski definition) is 4. The standard InChI is InChI=1S/C19H15NO6/c1-26-16-9-10(8-15(22)18(16)23)2-3-11-4-5-12-13(19(24)25)6-7-14(21)17(12)20-11/h2-9,21-23H,1H3,(H,24,25). The molecule has 26 heavy (non-hydrogen) atoms. The van der Waals surface area contributed by atoms with Gasteiger partial charge in [-0.1, -0.05) is 6.08 Å². The first-order valence-electron chi connectivity index (χ1n) is 7.54. The number of carboxylic acid groups (broad SMARTS) is 1. The molecule has 0 unspecified atom stereocenters. The predicted octanol–water partition coefficient (Wildman–Crippen LogP) is 3.23. The lowest BCUT2D eigenvalue weighted by Crippen LogP contribution is -1.98. The molecule has 0 aliphatic carbocycles. The van der Waals surface area contributed by atoms with Crippen LogP contribution in [0.15, 0.2) is 36.4 Å². The lowest BCUT2D eigenvalue weighted by Gasteiger charge is -2.07. The summed E-state index contributed by atoms with van der Waals surface area (Å²) in [4.78, 5) is 15.5. The van der Waals surface area contributed by atoms with Crippen molar-refractivity contribution in [2.24, 2.45) is 0 Å². The zero-order valence-corrected chi connectivity index (χ0v) is 13.7. The maximum absolute atomic E-state index is 11.3. The molecule has 0 saturated carbocycles. The Hall–Kier alpha value is -3.74. The van der Waals surface area contributed by atoms with E-state index >= 15 is 0 Å². The van der Waals surface area contributed by atoms with Gasteiger partial charge in [0, 0.05) is 5.39 Å². The van der Waals surface area contributed by atoms with Gasteiger partial charge in [0.25, 0.3) is 0 Å². The van der Waals surface area contributed by atoms with Crippen LogP contribution in [0.5, 0.6) is 23.0 Å². The van der Waals surface area contributed by atoms with Crippen LogP contribution in [0.4, 0.5) is 0 Å². The van der Waals surface area contributed by atoms with Gasteiger partial charge >= 0.3 is 5.97 Å². The van der Waals surface area contributed by atoms with Crippen molar-refractivity contribution in [1.29, 1.82) is 0 Å². The van der Waals surface area contributed by atoms with Gasteiger partial charge in [-0.15, -0.1) is 0 Å². The quantitative estimate of drug-likeness (QED) is 0.531.